The van der Waals surface area contributed by atoms with Crippen molar-refractivity contribution in [1.82, 2.24) is 10.6 Å². The molecule has 3 rings (SSSR count). The van der Waals surface area contributed by atoms with E-state index in [1.807, 2.05) is 38.1 Å². The predicted molar refractivity (Wildman–Crippen MR) is 132 cm³/mol. The van der Waals surface area contributed by atoms with Gasteiger partial charge in [0.25, 0.3) is 0 Å². The number of amides is 2. The monoisotopic (exact) mass is 482 g/mol. The summed E-state index contributed by atoms with van der Waals surface area (Å²) in [6.45, 7) is 4.42. The fourth-order valence-electron chi connectivity index (χ4n) is 4.55. The first-order valence-corrected chi connectivity index (χ1v) is 12.1. The molecule has 8 heteroatoms. The Labute approximate surface area is 206 Å². The highest BCUT2D eigenvalue weighted by molar-refractivity contribution is 5.79. The molecule has 8 nitrogen and oxygen atoms in total. The van der Waals surface area contributed by atoms with Gasteiger partial charge in [0, 0.05) is 25.1 Å². The molecule has 188 valence electrons. The fourth-order valence-corrected chi connectivity index (χ4v) is 4.55. The number of ether oxygens (including phenoxy) is 2. The first kappa shape index (κ1) is 26.2. The Bertz CT molecular complexity index is 979. The topological polar surface area (TPSA) is 114 Å². The average molecular weight is 483 g/mol. The van der Waals surface area contributed by atoms with Crippen LogP contribution in [0.15, 0.2) is 48.5 Å². The summed E-state index contributed by atoms with van der Waals surface area (Å²) >= 11 is 0. The quantitative estimate of drug-likeness (QED) is 0.396. The molecule has 0 spiro atoms. The number of benzene rings is 2. The summed E-state index contributed by atoms with van der Waals surface area (Å²) in [7, 11) is 0. The number of hydrogen-bond donors (Lipinski definition) is 3. The molecule has 0 saturated heterocycles. The number of rotatable bonds is 13. The molecule has 2 amide bonds. The van der Waals surface area contributed by atoms with Crippen LogP contribution in [0.4, 0.5) is 4.79 Å². The molecule has 0 fully saturated rings. The minimum atomic E-state index is -0.956. The molecule has 0 aliphatic heterocycles. The van der Waals surface area contributed by atoms with Gasteiger partial charge in [-0.15, -0.1) is 0 Å². The van der Waals surface area contributed by atoms with Gasteiger partial charge in [-0.05, 0) is 35.6 Å². The maximum absolute atomic E-state index is 12.4. The van der Waals surface area contributed by atoms with Crippen LogP contribution >= 0.6 is 0 Å². The van der Waals surface area contributed by atoms with Crippen molar-refractivity contribution in [1.29, 1.82) is 0 Å². The van der Waals surface area contributed by atoms with Crippen molar-refractivity contribution < 1.29 is 29.0 Å². The summed E-state index contributed by atoms with van der Waals surface area (Å²) in [6.07, 6.45) is 0.0966. The van der Waals surface area contributed by atoms with E-state index < -0.39 is 24.2 Å². The predicted octanol–water partition coefficient (Wildman–Crippen LogP) is 4.08. The number of fused-ring (bicyclic) bond motifs is 3. The van der Waals surface area contributed by atoms with Crippen molar-refractivity contribution in [2.45, 2.75) is 57.6 Å². The zero-order valence-corrected chi connectivity index (χ0v) is 20.3. The number of nitrogens with one attached hydrogen (secondary N) is 2. The van der Waals surface area contributed by atoms with Crippen LogP contribution in [0.1, 0.15) is 56.6 Å². The summed E-state index contributed by atoms with van der Waals surface area (Å²) in [5.74, 6) is -1.30. The van der Waals surface area contributed by atoms with Crippen molar-refractivity contribution in [3.63, 3.8) is 0 Å². The first-order chi connectivity index (χ1) is 16.9. The van der Waals surface area contributed by atoms with E-state index >= 15 is 0 Å². The number of carboxylic acid groups (broad SMARTS) is 1. The highest BCUT2D eigenvalue weighted by Gasteiger charge is 2.29. The maximum atomic E-state index is 12.4. The summed E-state index contributed by atoms with van der Waals surface area (Å²) in [4.78, 5) is 35.9. The second-order valence-electron chi connectivity index (χ2n) is 8.64. The van der Waals surface area contributed by atoms with Crippen LogP contribution in [0, 0.1) is 0 Å². The van der Waals surface area contributed by atoms with E-state index in [2.05, 4.69) is 34.9 Å². The Morgan fingerprint density at radius 1 is 0.971 bits per heavy atom. The van der Waals surface area contributed by atoms with Crippen LogP contribution in [-0.4, -0.2) is 55.0 Å². The van der Waals surface area contributed by atoms with E-state index in [1.165, 1.54) is 0 Å². The van der Waals surface area contributed by atoms with E-state index in [0.29, 0.717) is 13.0 Å². The summed E-state index contributed by atoms with van der Waals surface area (Å²) < 4.78 is 11.2. The Balaban J connectivity index is 1.51. The summed E-state index contributed by atoms with van der Waals surface area (Å²) in [6, 6.07) is 15.8. The first-order valence-electron chi connectivity index (χ1n) is 12.1. The molecule has 35 heavy (non-hydrogen) atoms. The van der Waals surface area contributed by atoms with Gasteiger partial charge in [-0.3, -0.25) is 9.59 Å². The Morgan fingerprint density at radius 2 is 1.60 bits per heavy atom. The third-order valence-corrected chi connectivity index (χ3v) is 6.06. The number of carbonyl (C=O) groups is 3. The van der Waals surface area contributed by atoms with E-state index in [-0.39, 0.29) is 37.8 Å². The molecule has 1 aliphatic carbocycles. The molecule has 0 aromatic heterocycles. The lowest BCUT2D eigenvalue weighted by atomic mass is 9.98. The van der Waals surface area contributed by atoms with Crippen LogP contribution in [0.25, 0.3) is 11.1 Å². The van der Waals surface area contributed by atoms with Crippen molar-refractivity contribution in [3.8, 4) is 11.1 Å². The smallest absolute Gasteiger partial charge is 0.407 e. The van der Waals surface area contributed by atoms with Crippen molar-refractivity contribution in [2.24, 2.45) is 0 Å². The number of hydrogen-bond acceptors (Lipinski definition) is 5. The normalized spacial score (nSPS) is 13.9. The summed E-state index contributed by atoms with van der Waals surface area (Å²) in [5, 5.41) is 14.5. The maximum Gasteiger partial charge on any atom is 0.407 e. The van der Waals surface area contributed by atoms with Gasteiger partial charge in [0.15, 0.2) is 0 Å². The van der Waals surface area contributed by atoms with Crippen LogP contribution < -0.4 is 10.6 Å². The van der Waals surface area contributed by atoms with Gasteiger partial charge in [0.2, 0.25) is 5.91 Å². The van der Waals surface area contributed by atoms with Gasteiger partial charge in [-0.2, -0.15) is 0 Å². The van der Waals surface area contributed by atoms with Crippen LogP contribution in [0.3, 0.4) is 0 Å². The van der Waals surface area contributed by atoms with Crippen LogP contribution in [-0.2, 0) is 19.1 Å². The number of aliphatic carboxylic acids is 1. The van der Waals surface area contributed by atoms with Gasteiger partial charge in [0.05, 0.1) is 18.9 Å². The molecule has 0 heterocycles. The lowest BCUT2D eigenvalue weighted by Gasteiger charge is -2.21. The lowest BCUT2D eigenvalue weighted by Crippen LogP contribution is -2.41. The fraction of sp³-hybridized carbons (Fsp3) is 0.444. The SMILES string of the molecule is CCC[C@@H](CC(=O)O)NC(=O)CC(CNC(=O)OCC1c2ccccc2-c2ccccc21)OCC. The van der Waals surface area contributed by atoms with Crippen LogP contribution in [0.5, 0.6) is 0 Å². The molecule has 0 radical (unpaired) electrons. The molecule has 1 unspecified atom stereocenters. The lowest BCUT2D eigenvalue weighted by molar-refractivity contribution is -0.137. The van der Waals surface area contributed by atoms with Gasteiger partial charge in [-0.25, -0.2) is 4.79 Å². The van der Waals surface area contributed by atoms with Gasteiger partial charge < -0.3 is 25.2 Å². The molecule has 2 aromatic carbocycles. The molecular weight excluding hydrogens is 448 g/mol. The van der Waals surface area contributed by atoms with Crippen LogP contribution in [0.2, 0.25) is 0 Å². The van der Waals surface area contributed by atoms with Gasteiger partial charge in [0.1, 0.15) is 6.61 Å². The Hall–Kier alpha value is -3.39. The van der Waals surface area contributed by atoms with E-state index in [1.54, 1.807) is 0 Å². The molecule has 0 saturated carbocycles. The number of alkyl carbamates (subject to hydrolysis) is 1. The van der Waals surface area contributed by atoms with Crippen molar-refractivity contribution >= 4 is 18.0 Å². The van der Waals surface area contributed by atoms with E-state index in [9.17, 15) is 14.4 Å². The van der Waals surface area contributed by atoms with Crippen molar-refractivity contribution in [2.75, 3.05) is 19.8 Å². The van der Waals surface area contributed by atoms with Gasteiger partial charge in [-0.1, -0.05) is 61.9 Å². The minimum absolute atomic E-state index is 0.0112. The molecule has 1 aliphatic rings. The second kappa shape index (κ2) is 12.9. The largest absolute Gasteiger partial charge is 0.481 e. The molecule has 3 N–H and O–H groups in total. The minimum Gasteiger partial charge on any atom is -0.481 e. The zero-order chi connectivity index (χ0) is 25.2. The molecular formula is C27H34N2O6. The molecule has 0 bridgehead atoms. The van der Waals surface area contributed by atoms with Crippen molar-refractivity contribution in [3.05, 3.63) is 59.7 Å². The average Bonchev–Trinajstić information content (AvgIpc) is 3.15. The molecule has 2 atom stereocenters. The Kier molecular flexibility index (Phi) is 9.66. The van der Waals surface area contributed by atoms with E-state index in [4.69, 9.17) is 14.6 Å². The highest BCUT2D eigenvalue weighted by Crippen LogP contribution is 2.44. The molecule has 2 aromatic rings. The third-order valence-electron chi connectivity index (χ3n) is 6.06. The third kappa shape index (κ3) is 7.29. The Morgan fingerprint density at radius 3 is 2.17 bits per heavy atom. The highest BCUT2D eigenvalue weighted by atomic mass is 16.5. The zero-order valence-electron chi connectivity index (χ0n) is 20.3. The summed E-state index contributed by atoms with van der Waals surface area (Å²) in [5.41, 5.74) is 4.58. The van der Waals surface area contributed by atoms with E-state index in [0.717, 1.165) is 28.7 Å². The number of carboxylic acids is 1. The van der Waals surface area contributed by atoms with Gasteiger partial charge >= 0.3 is 12.1 Å². The second-order valence-corrected chi connectivity index (χ2v) is 8.64. The number of carbonyl (C=O) groups excluding carboxylic acids is 2. The standard InChI is InChI=1S/C27H34N2O6/c1-3-9-18(14-26(31)32)29-25(30)15-19(34-4-2)16-28-27(33)35-17-24-22-12-7-5-10-20(22)21-11-6-8-13-23(21)24/h5-8,10-13,18-19,24H,3-4,9,14-17H2,1-2H3,(H,28,33)(H,29,30)(H,31,32)/t18-,19?/m0/s1.